The Morgan fingerprint density at radius 1 is 1.41 bits per heavy atom. The molecule has 4 amide bonds. The maximum absolute atomic E-state index is 11.7. The van der Waals surface area contributed by atoms with E-state index in [-0.39, 0.29) is 49.8 Å². The molecule has 0 radical (unpaired) electrons. The number of hydrogen-bond donors (Lipinski definition) is 2. The van der Waals surface area contributed by atoms with Gasteiger partial charge in [0, 0.05) is 20.0 Å². The zero-order chi connectivity index (χ0) is 15.4. The highest BCUT2D eigenvalue weighted by Gasteiger charge is 2.32. The number of urea groups is 1. The number of nitrogens with zero attached hydrogens (tertiary/aromatic N) is 3. The van der Waals surface area contributed by atoms with Gasteiger partial charge in [-0.05, 0) is 18.6 Å². The van der Waals surface area contributed by atoms with E-state index in [1.54, 1.807) is 19.2 Å². The van der Waals surface area contributed by atoms with Gasteiger partial charge in [-0.25, -0.2) is 9.78 Å². The molecule has 0 atom stereocenters. The van der Waals surface area contributed by atoms with Gasteiger partial charge in [0.2, 0.25) is 11.8 Å². The highest BCUT2D eigenvalue weighted by molar-refractivity contribution is 6.01. The Morgan fingerprint density at radius 3 is 2.68 bits per heavy atom. The number of nitrogen functional groups attached to an aromatic ring is 1. The van der Waals surface area contributed by atoms with Crippen molar-refractivity contribution in [3.05, 3.63) is 18.3 Å². The zero-order valence-electron chi connectivity index (χ0n) is 12.1. The Morgan fingerprint density at radius 2 is 2.14 bits per heavy atom. The first-order chi connectivity index (χ1) is 9.97. The van der Waals surface area contributed by atoms with Gasteiger partial charge in [0.25, 0.3) is 0 Å². The van der Waals surface area contributed by atoms with E-state index in [0.717, 1.165) is 4.90 Å². The second kappa shape index (κ2) is 7.60. The summed E-state index contributed by atoms with van der Waals surface area (Å²) < 4.78 is 0. The fraction of sp³-hybridized carbons (Fsp3) is 0.385. The fourth-order valence-corrected chi connectivity index (χ4v) is 1.99. The Balaban J connectivity index is 0.00000242. The molecule has 1 aliphatic rings. The lowest BCUT2D eigenvalue weighted by Gasteiger charge is -2.13. The molecular formula is C13H18ClN5O3. The molecule has 120 valence electrons. The number of anilines is 2. The Labute approximate surface area is 134 Å². The quantitative estimate of drug-likeness (QED) is 0.774. The fourth-order valence-electron chi connectivity index (χ4n) is 1.99. The second-order valence-electron chi connectivity index (χ2n) is 4.81. The second-order valence-corrected chi connectivity index (χ2v) is 4.81. The van der Waals surface area contributed by atoms with Crippen LogP contribution in [0.3, 0.4) is 0 Å². The zero-order valence-corrected chi connectivity index (χ0v) is 12.9. The summed E-state index contributed by atoms with van der Waals surface area (Å²) >= 11 is 0. The van der Waals surface area contributed by atoms with E-state index >= 15 is 0 Å². The van der Waals surface area contributed by atoms with Gasteiger partial charge in [0.1, 0.15) is 12.4 Å². The minimum atomic E-state index is -0.317. The minimum absolute atomic E-state index is 0. The standard InChI is InChI=1S/C13H17N5O3.ClH/c1-17-8-12(20)18(13(17)21)6-2-3-11(19)16-9-4-5-10(14)15-7-9;/h4-5,7H,2-3,6,8H2,1H3,(H2,14,15)(H,16,19);1H. The average Bonchev–Trinajstić information content (AvgIpc) is 2.68. The van der Waals surface area contributed by atoms with Crippen LogP contribution in [0.15, 0.2) is 18.3 Å². The number of imide groups is 1. The summed E-state index contributed by atoms with van der Waals surface area (Å²) in [5.41, 5.74) is 6.01. The van der Waals surface area contributed by atoms with Gasteiger partial charge in [0.05, 0.1) is 11.9 Å². The summed E-state index contributed by atoms with van der Waals surface area (Å²) in [7, 11) is 1.57. The van der Waals surface area contributed by atoms with Crippen LogP contribution in [-0.2, 0) is 9.59 Å². The lowest BCUT2D eigenvalue weighted by Crippen LogP contribution is -2.32. The number of likely N-dealkylation sites (N-methyl/N-ethyl adjacent to an activating group) is 1. The first-order valence-electron chi connectivity index (χ1n) is 6.54. The molecule has 0 saturated carbocycles. The Bertz CT molecular complexity index is 563. The number of pyridine rings is 1. The molecule has 2 rings (SSSR count). The third-order valence-corrected chi connectivity index (χ3v) is 3.09. The molecule has 1 aromatic rings. The maximum Gasteiger partial charge on any atom is 0.326 e. The minimum Gasteiger partial charge on any atom is -0.384 e. The van der Waals surface area contributed by atoms with E-state index in [0.29, 0.717) is 17.9 Å². The summed E-state index contributed by atoms with van der Waals surface area (Å²) in [6.07, 6.45) is 2.10. The molecule has 1 aliphatic heterocycles. The summed E-state index contributed by atoms with van der Waals surface area (Å²) in [5.74, 6) is -0.0529. The van der Waals surface area contributed by atoms with Crippen molar-refractivity contribution in [1.82, 2.24) is 14.8 Å². The van der Waals surface area contributed by atoms with Crippen LogP contribution in [0.5, 0.6) is 0 Å². The van der Waals surface area contributed by atoms with Gasteiger partial charge in [-0.2, -0.15) is 0 Å². The van der Waals surface area contributed by atoms with Crippen molar-refractivity contribution in [3.63, 3.8) is 0 Å². The molecule has 1 aromatic heterocycles. The van der Waals surface area contributed by atoms with Crippen LogP contribution in [0.1, 0.15) is 12.8 Å². The Kier molecular flexibility index (Phi) is 6.11. The summed E-state index contributed by atoms with van der Waals surface area (Å²) in [6, 6.07) is 2.93. The lowest BCUT2D eigenvalue weighted by molar-refractivity contribution is -0.125. The van der Waals surface area contributed by atoms with Gasteiger partial charge in [0.15, 0.2) is 0 Å². The van der Waals surface area contributed by atoms with E-state index in [1.165, 1.54) is 11.1 Å². The molecule has 8 nitrogen and oxygen atoms in total. The van der Waals surface area contributed by atoms with E-state index < -0.39 is 0 Å². The number of nitrogens with two attached hydrogens (primary N) is 1. The average molecular weight is 328 g/mol. The first kappa shape index (κ1) is 17.7. The number of rotatable bonds is 5. The van der Waals surface area contributed by atoms with Gasteiger partial charge in [-0.1, -0.05) is 0 Å². The number of carbonyl (C=O) groups excluding carboxylic acids is 3. The normalized spacial score (nSPS) is 14.0. The molecular weight excluding hydrogens is 310 g/mol. The Hall–Kier alpha value is -2.35. The molecule has 1 fully saturated rings. The maximum atomic E-state index is 11.7. The number of nitrogens with one attached hydrogen (secondary N) is 1. The van der Waals surface area contributed by atoms with Crippen molar-refractivity contribution >= 4 is 41.8 Å². The number of hydrogen-bond acceptors (Lipinski definition) is 5. The van der Waals surface area contributed by atoms with Crippen molar-refractivity contribution in [2.45, 2.75) is 12.8 Å². The van der Waals surface area contributed by atoms with Crippen LogP contribution in [0.25, 0.3) is 0 Å². The number of aromatic nitrogens is 1. The SMILES string of the molecule is CN1CC(=O)N(CCCC(=O)Nc2ccc(N)nc2)C1=O.Cl. The number of halogens is 1. The molecule has 0 unspecified atom stereocenters. The van der Waals surface area contributed by atoms with Crippen molar-refractivity contribution in [1.29, 1.82) is 0 Å². The molecule has 1 saturated heterocycles. The molecule has 2 heterocycles. The van der Waals surface area contributed by atoms with Gasteiger partial charge in [-0.3, -0.25) is 14.5 Å². The highest BCUT2D eigenvalue weighted by atomic mass is 35.5. The first-order valence-corrected chi connectivity index (χ1v) is 6.54. The number of carbonyl (C=O) groups is 3. The van der Waals surface area contributed by atoms with E-state index in [4.69, 9.17) is 5.73 Å². The lowest BCUT2D eigenvalue weighted by atomic mass is 10.2. The largest absolute Gasteiger partial charge is 0.384 e. The summed E-state index contributed by atoms with van der Waals surface area (Å²) in [6.45, 7) is 0.345. The molecule has 3 N–H and O–H groups in total. The monoisotopic (exact) mass is 327 g/mol. The van der Waals surface area contributed by atoms with Crippen molar-refractivity contribution in [3.8, 4) is 0 Å². The van der Waals surface area contributed by atoms with Crippen molar-refractivity contribution < 1.29 is 14.4 Å². The van der Waals surface area contributed by atoms with Crippen LogP contribution in [0.4, 0.5) is 16.3 Å². The number of amides is 4. The highest BCUT2D eigenvalue weighted by Crippen LogP contribution is 2.11. The topological polar surface area (TPSA) is 109 Å². The molecule has 0 spiro atoms. The van der Waals surface area contributed by atoms with Gasteiger partial charge in [-0.15, -0.1) is 12.4 Å². The predicted octanol–water partition coefficient (Wildman–Crippen LogP) is 0.698. The van der Waals surface area contributed by atoms with Crippen molar-refractivity contribution in [2.24, 2.45) is 0 Å². The van der Waals surface area contributed by atoms with E-state index in [9.17, 15) is 14.4 Å². The van der Waals surface area contributed by atoms with E-state index in [1.807, 2.05) is 0 Å². The molecule has 0 aliphatic carbocycles. The van der Waals surface area contributed by atoms with Crippen molar-refractivity contribution in [2.75, 3.05) is 31.2 Å². The van der Waals surface area contributed by atoms with Crippen LogP contribution in [0.2, 0.25) is 0 Å². The van der Waals surface area contributed by atoms with Crippen LogP contribution in [0, 0.1) is 0 Å². The predicted molar refractivity (Wildman–Crippen MR) is 83.5 cm³/mol. The van der Waals surface area contributed by atoms with Crippen LogP contribution in [-0.4, -0.2) is 52.8 Å². The molecule has 22 heavy (non-hydrogen) atoms. The van der Waals surface area contributed by atoms with Crippen LogP contribution >= 0.6 is 12.4 Å². The molecule has 9 heteroatoms. The molecule has 0 aromatic carbocycles. The van der Waals surface area contributed by atoms with Gasteiger partial charge < -0.3 is 16.0 Å². The van der Waals surface area contributed by atoms with E-state index in [2.05, 4.69) is 10.3 Å². The third-order valence-electron chi connectivity index (χ3n) is 3.09. The van der Waals surface area contributed by atoms with Gasteiger partial charge >= 0.3 is 6.03 Å². The third kappa shape index (κ3) is 4.32. The smallest absolute Gasteiger partial charge is 0.326 e. The van der Waals surface area contributed by atoms with Crippen LogP contribution < -0.4 is 11.1 Å². The molecule has 0 bridgehead atoms. The summed E-state index contributed by atoms with van der Waals surface area (Å²) in [5, 5.41) is 2.67. The summed E-state index contributed by atoms with van der Waals surface area (Å²) in [4.78, 5) is 41.3.